The van der Waals surface area contributed by atoms with Crippen molar-refractivity contribution in [1.82, 2.24) is 0 Å². The maximum atomic E-state index is 12.8. The molecule has 2 aromatic rings. The number of carbonyl (C=O) groups excluding carboxylic acids is 1. The minimum atomic E-state index is 0.0911. The molecule has 2 aromatic carbocycles. The molecule has 0 heterocycles. The van der Waals surface area contributed by atoms with Gasteiger partial charge in [0, 0.05) is 34.6 Å². The standard InChI is InChI=1S/C25H32N2O/c28-25(19-11-15-23(16-12-19)26-21-7-3-1-4-8-21)20-13-17-24(18-14-20)27-22-9-5-2-6-10-22/h11-18,21-22,26-27H,1-10H2. The lowest BCUT2D eigenvalue weighted by Crippen LogP contribution is -2.22. The maximum absolute atomic E-state index is 12.8. The Morgan fingerprint density at radius 1 is 0.571 bits per heavy atom. The van der Waals surface area contributed by atoms with Crippen LogP contribution < -0.4 is 10.6 Å². The summed E-state index contributed by atoms with van der Waals surface area (Å²) in [5.41, 5.74) is 3.75. The van der Waals surface area contributed by atoms with Crippen molar-refractivity contribution < 1.29 is 4.79 Å². The van der Waals surface area contributed by atoms with Crippen LogP contribution in [0.25, 0.3) is 0 Å². The van der Waals surface area contributed by atoms with E-state index in [0.29, 0.717) is 12.1 Å². The summed E-state index contributed by atoms with van der Waals surface area (Å²) in [6.45, 7) is 0. The summed E-state index contributed by atoms with van der Waals surface area (Å²) < 4.78 is 0. The van der Waals surface area contributed by atoms with E-state index in [4.69, 9.17) is 0 Å². The van der Waals surface area contributed by atoms with Crippen LogP contribution >= 0.6 is 0 Å². The second-order valence-corrected chi connectivity index (χ2v) is 8.44. The summed E-state index contributed by atoms with van der Waals surface area (Å²) in [6.07, 6.45) is 13.0. The Labute approximate surface area is 168 Å². The number of hydrogen-bond donors (Lipinski definition) is 2. The summed E-state index contributed by atoms with van der Waals surface area (Å²) in [7, 11) is 0. The predicted octanol–water partition coefficient (Wildman–Crippen LogP) is 6.41. The van der Waals surface area contributed by atoms with Crippen LogP contribution in [0.1, 0.15) is 80.1 Å². The zero-order valence-corrected chi connectivity index (χ0v) is 16.8. The highest BCUT2D eigenvalue weighted by Crippen LogP contribution is 2.24. The van der Waals surface area contributed by atoms with E-state index in [2.05, 4.69) is 10.6 Å². The molecule has 0 aliphatic heterocycles. The van der Waals surface area contributed by atoms with Crippen molar-refractivity contribution in [3.05, 3.63) is 59.7 Å². The average Bonchev–Trinajstić information content (AvgIpc) is 2.76. The highest BCUT2D eigenvalue weighted by Gasteiger charge is 2.15. The Kier molecular flexibility index (Phi) is 6.31. The number of ketones is 1. The van der Waals surface area contributed by atoms with E-state index in [1.807, 2.05) is 48.5 Å². The Balaban J connectivity index is 1.35. The van der Waals surface area contributed by atoms with Crippen LogP contribution in [0.4, 0.5) is 11.4 Å². The van der Waals surface area contributed by atoms with Crippen LogP contribution in [0.5, 0.6) is 0 Å². The third-order valence-electron chi connectivity index (χ3n) is 6.25. The van der Waals surface area contributed by atoms with Crippen LogP contribution in [-0.2, 0) is 0 Å². The normalized spacial score (nSPS) is 18.6. The third-order valence-corrected chi connectivity index (χ3v) is 6.25. The molecule has 2 saturated carbocycles. The first kappa shape index (κ1) is 19.0. The molecule has 28 heavy (non-hydrogen) atoms. The SMILES string of the molecule is O=C(c1ccc(NC2CCCCC2)cc1)c1ccc(NC2CCCCC2)cc1. The molecule has 4 rings (SSSR count). The first-order chi connectivity index (χ1) is 13.8. The van der Waals surface area contributed by atoms with Gasteiger partial charge in [-0.05, 0) is 74.2 Å². The minimum Gasteiger partial charge on any atom is -0.382 e. The zero-order chi connectivity index (χ0) is 19.2. The molecular weight excluding hydrogens is 344 g/mol. The lowest BCUT2D eigenvalue weighted by Gasteiger charge is -2.24. The maximum Gasteiger partial charge on any atom is 0.193 e. The predicted molar refractivity (Wildman–Crippen MR) is 117 cm³/mol. The van der Waals surface area contributed by atoms with Crippen molar-refractivity contribution in [3.8, 4) is 0 Å². The lowest BCUT2D eigenvalue weighted by atomic mass is 9.95. The van der Waals surface area contributed by atoms with Gasteiger partial charge in [-0.15, -0.1) is 0 Å². The molecule has 2 N–H and O–H groups in total. The Morgan fingerprint density at radius 2 is 0.929 bits per heavy atom. The molecule has 0 bridgehead atoms. The number of anilines is 2. The molecule has 2 aliphatic carbocycles. The van der Waals surface area contributed by atoms with Crippen molar-refractivity contribution in [1.29, 1.82) is 0 Å². The van der Waals surface area contributed by atoms with Gasteiger partial charge in [0.15, 0.2) is 5.78 Å². The van der Waals surface area contributed by atoms with Gasteiger partial charge in [0.2, 0.25) is 0 Å². The Bertz CT molecular complexity index is 689. The molecule has 3 heteroatoms. The largest absolute Gasteiger partial charge is 0.382 e. The summed E-state index contributed by atoms with van der Waals surface area (Å²) in [4.78, 5) is 12.8. The number of benzene rings is 2. The topological polar surface area (TPSA) is 41.1 Å². The summed E-state index contributed by atoms with van der Waals surface area (Å²) >= 11 is 0. The van der Waals surface area contributed by atoms with Crippen molar-refractivity contribution in [2.45, 2.75) is 76.3 Å². The first-order valence-corrected chi connectivity index (χ1v) is 11.1. The highest BCUT2D eigenvalue weighted by molar-refractivity contribution is 6.09. The van der Waals surface area contributed by atoms with Gasteiger partial charge >= 0.3 is 0 Å². The van der Waals surface area contributed by atoms with Crippen LogP contribution in [0.15, 0.2) is 48.5 Å². The zero-order valence-electron chi connectivity index (χ0n) is 16.8. The van der Waals surface area contributed by atoms with E-state index in [0.717, 1.165) is 22.5 Å². The van der Waals surface area contributed by atoms with Crippen LogP contribution in [0, 0.1) is 0 Å². The van der Waals surface area contributed by atoms with Gasteiger partial charge in [0.05, 0.1) is 0 Å². The van der Waals surface area contributed by atoms with Gasteiger partial charge in [-0.1, -0.05) is 38.5 Å². The van der Waals surface area contributed by atoms with E-state index in [9.17, 15) is 4.79 Å². The molecule has 0 atom stereocenters. The number of carbonyl (C=O) groups is 1. The molecule has 0 radical (unpaired) electrons. The molecule has 0 spiro atoms. The molecule has 0 saturated heterocycles. The fraction of sp³-hybridized carbons (Fsp3) is 0.480. The summed E-state index contributed by atoms with van der Waals surface area (Å²) in [5, 5.41) is 7.23. The molecule has 2 aliphatic rings. The highest BCUT2D eigenvalue weighted by atomic mass is 16.1. The van der Waals surface area contributed by atoms with Crippen molar-refractivity contribution >= 4 is 17.2 Å². The van der Waals surface area contributed by atoms with Crippen LogP contribution in [0.3, 0.4) is 0 Å². The second kappa shape index (κ2) is 9.27. The van der Waals surface area contributed by atoms with Gasteiger partial charge in [-0.25, -0.2) is 0 Å². The van der Waals surface area contributed by atoms with E-state index in [1.165, 1.54) is 64.2 Å². The minimum absolute atomic E-state index is 0.0911. The van der Waals surface area contributed by atoms with Crippen LogP contribution in [-0.4, -0.2) is 17.9 Å². The number of rotatable bonds is 6. The fourth-order valence-corrected chi connectivity index (χ4v) is 4.57. The van der Waals surface area contributed by atoms with E-state index in [-0.39, 0.29) is 5.78 Å². The third kappa shape index (κ3) is 4.95. The molecule has 0 aromatic heterocycles. The molecular formula is C25H32N2O. The monoisotopic (exact) mass is 376 g/mol. The molecule has 0 unspecified atom stereocenters. The quantitative estimate of drug-likeness (QED) is 0.573. The Morgan fingerprint density at radius 3 is 1.29 bits per heavy atom. The van der Waals surface area contributed by atoms with E-state index >= 15 is 0 Å². The van der Waals surface area contributed by atoms with Crippen molar-refractivity contribution in [3.63, 3.8) is 0 Å². The molecule has 2 fully saturated rings. The van der Waals surface area contributed by atoms with E-state index in [1.54, 1.807) is 0 Å². The van der Waals surface area contributed by atoms with Crippen molar-refractivity contribution in [2.75, 3.05) is 10.6 Å². The summed E-state index contributed by atoms with van der Waals surface area (Å²) in [6, 6.07) is 17.1. The van der Waals surface area contributed by atoms with Gasteiger partial charge in [0.25, 0.3) is 0 Å². The summed E-state index contributed by atoms with van der Waals surface area (Å²) in [5.74, 6) is 0.0911. The van der Waals surface area contributed by atoms with Gasteiger partial charge in [-0.2, -0.15) is 0 Å². The van der Waals surface area contributed by atoms with Gasteiger partial charge < -0.3 is 10.6 Å². The van der Waals surface area contributed by atoms with Crippen LogP contribution in [0.2, 0.25) is 0 Å². The lowest BCUT2D eigenvalue weighted by molar-refractivity contribution is 0.103. The fourth-order valence-electron chi connectivity index (χ4n) is 4.57. The average molecular weight is 377 g/mol. The molecule has 3 nitrogen and oxygen atoms in total. The number of nitrogens with one attached hydrogen (secondary N) is 2. The smallest absolute Gasteiger partial charge is 0.193 e. The van der Waals surface area contributed by atoms with Crippen molar-refractivity contribution in [2.24, 2.45) is 0 Å². The molecule has 0 amide bonds. The number of hydrogen-bond acceptors (Lipinski definition) is 3. The van der Waals surface area contributed by atoms with Gasteiger partial charge in [-0.3, -0.25) is 4.79 Å². The van der Waals surface area contributed by atoms with Gasteiger partial charge in [0.1, 0.15) is 0 Å². The molecule has 148 valence electrons. The van der Waals surface area contributed by atoms with E-state index < -0.39 is 0 Å². The Hall–Kier alpha value is -2.29. The second-order valence-electron chi connectivity index (χ2n) is 8.44. The first-order valence-electron chi connectivity index (χ1n) is 11.1.